The minimum Gasteiger partial charge on any atom is -0.370 e. The number of rotatable bonds is 13. The van der Waals surface area contributed by atoms with Gasteiger partial charge in [0.25, 0.3) is 0 Å². The van der Waals surface area contributed by atoms with Crippen molar-refractivity contribution in [1.82, 2.24) is 0 Å². The second-order valence-corrected chi connectivity index (χ2v) is 6.73. The first-order valence-corrected chi connectivity index (χ1v) is 9.06. The summed E-state index contributed by atoms with van der Waals surface area (Å²) in [5, 5.41) is 0. The first-order valence-electron chi connectivity index (χ1n) is 9.06. The van der Waals surface area contributed by atoms with Gasteiger partial charge in [-0.05, 0) is 25.2 Å². The molecular formula is C19H36O. The SMILES string of the molecule is CCCCCCCCCCC1OC1CC/C=C\C(C)C. The Morgan fingerprint density at radius 3 is 2.10 bits per heavy atom. The average Bonchev–Trinajstić information content (AvgIpc) is 3.16. The maximum Gasteiger partial charge on any atom is 0.0844 e. The molecular weight excluding hydrogens is 244 g/mol. The van der Waals surface area contributed by atoms with E-state index in [0.717, 1.165) is 0 Å². The Bertz CT molecular complexity index is 244. The molecule has 1 heteroatoms. The fourth-order valence-electron chi connectivity index (χ4n) is 2.80. The molecule has 0 amide bonds. The third kappa shape index (κ3) is 9.58. The number of hydrogen-bond acceptors (Lipinski definition) is 1. The molecule has 1 nitrogen and oxygen atoms in total. The van der Waals surface area contributed by atoms with E-state index < -0.39 is 0 Å². The van der Waals surface area contributed by atoms with E-state index in [0.29, 0.717) is 18.1 Å². The highest BCUT2D eigenvalue weighted by Crippen LogP contribution is 2.31. The van der Waals surface area contributed by atoms with Gasteiger partial charge in [0.15, 0.2) is 0 Å². The summed E-state index contributed by atoms with van der Waals surface area (Å²) in [4.78, 5) is 0. The minimum absolute atomic E-state index is 0.580. The van der Waals surface area contributed by atoms with Gasteiger partial charge in [-0.3, -0.25) is 0 Å². The van der Waals surface area contributed by atoms with Crippen LogP contribution >= 0.6 is 0 Å². The molecule has 0 aliphatic carbocycles. The van der Waals surface area contributed by atoms with Crippen LogP contribution in [0, 0.1) is 5.92 Å². The Kier molecular flexibility index (Phi) is 10.1. The van der Waals surface area contributed by atoms with Gasteiger partial charge in [0, 0.05) is 0 Å². The van der Waals surface area contributed by atoms with E-state index in [-0.39, 0.29) is 0 Å². The second-order valence-electron chi connectivity index (χ2n) is 6.73. The van der Waals surface area contributed by atoms with Crippen molar-refractivity contribution in [2.45, 2.75) is 104 Å². The van der Waals surface area contributed by atoms with Crippen molar-refractivity contribution >= 4 is 0 Å². The average molecular weight is 280 g/mol. The molecule has 0 radical (unpaired) electrons. The number of allylic oxidation sites excluding steroid dienone is 2. The quantitative estimate of drug-likeness (QED) is 0.220. The second kappa shape index (κ2) is 11.4. The molecule has 2 unspecified atom stereocenters. The van der Waals surface area contributed by atoms with Gasteiger partial charge >= 0.3 is 0 Å². The maximum atomic E-state index is 5.75. The number of hydrogen-bond donors (Lipinski definition) is 0. The van der Waals surface area contributed by atoms with Crippen LogP contribution in [0.5, 0.6) is 0 Å². The molecule has 118 valence electrons. The lowest BCUT2D eigenvalue weighted by molar-refractivity contribution is 0.352. The van der Waals surface area contributed by atoms with Gasteiger partial charge in [-0.25, -0.2) is 0 Å². The summed E-state index contributed by atoms with van der Waals surface area (Å²) in [5.74, 6) is 0.684. The van der Waals surface area contributed by atoms with E-state index in [9.17, 15) is 0 Å². The highest BCUT2D eigenvalue weighted by molar-refractivity contribution is 4.90. The summed E-state index contributed by atoms with van der Waals surface area (Å²) in [6.07, 6.45) is 20.8. The van der Waals surface area contributed by atoms with Crippen molar-refractivity contribution in [3.63, 3.8) is 0 Å². The van der Waals surface area contributed by atoms with E-state index in [1.807, 2.05) is 0 Å². The first-order chi connectivity index (χ1) is 9.74. The molecule has 1 fully saturated rings. The lowest BCUT2D eigenvalue weighted by Crippen LogP contribution is -1.94. The molecule has 0 saturated carbocycles. The molecule has 1 aliphatic heterocycles. The topological polar surface area (TPSA) is 12.5 Å². The van der Waals surface area contributed by atoms with Crippen LogP contribution in [0.4, 0.5) is 0 Å². The molecule has 0 aromatic rings. The Morgan fingerprint density at radius 1 is 0.850 bits per heavy atom. The predicted molar refractivity (Wildman–Crippen MR) is 89.1 cm³/mol. The summed E-state index contributed by atoms with van der Waals surface area (Å²) in [6.45, 7) is 6.75. The van der Waals surface area contributed by atoms with Gasteiger partial charge < -0.3 is 4.74 Å². The van der Waals surface area contributed by atoms with Gasteiger partial charge in [-0.15, -0.1) is 0 Å². The van der Waals surface area contributed by atoms with Gasteiger partial charge in [0.05, 0.1) is 12.2 Å². The van der Waals surface area contributed by atoms with E-state index >= 15 is 0 Å². The monoisotopic (exact) mass is 280 g/mol. The van der Waals surface area contributed by atoms with E-state index in [1.54, 1.807) is 0 Å². The molecule has 0 bridgehead atoms. The van der Waals surface area contributed by atoms with Crippen LogP contribution in [0.2, 0.25) is 0 Å². The molecule has 1 aliphatic rings. The van der Waals surface area contributed by atoms with Gasteiger partial charge in [-0.1, -0.05) is 84.3 Å². The van der Waals surface area contributed by atoms with Gasteiger partial charge in [0.1, 0.15) is 0 Å². The molecule has 1 rings (SSSR count). The normalized spacial score (nSPS) is 22.0. The largest absolute Gasteiger partial charge is 0.370 e. The molecule has 1 heterocycles. The zero-order valence-electron chi connectivity index (χ0n) is 14.1. The van der Waals surface area contributed by atoms with Crippen LogP contribution < -0.4 is 0 Å². The highest BCUT2D eigenvalue weighted by atomic mass is 16.6. The van der Waals surface area contributed by atoms with Crippen LogP contribution in [0.1, 0.15) is 91.4 Å². The van der Waals surface area contributed by atoms with E-state index in [4.69, 9.17) is 4.74 Å². The molecule has 0 aromatic carbocycles. The predicted octanol–water partition coefficient (Wildman–Crippen LogP) is 6.28. The number of epoxide rings is 1. The van der Waals surface area contributed by atoms with Crippen LogP contribution in [-0.2, 0) is 4.74 Å². The Hall–Kier alpha value is -0.300. The molecule has 0 spiro atoms. The first kappa shape index (κ1) is 17.8. The van der Waals surface area contributed by atoms with Gasteiger partial charge in [0.2, 0.25) is 0 Å². The number of unbranched alkanes of at least 4 members (excludes halogenated alkanes) is 7. The zero-order chi connectivity index (χ0) is 14.6. The van der Waals surface area contributed by atoms with Crippen LogP contribution in [0.15, 0.2) is 12.2 Å². The molecule has 0 N–H and O–H groups in total. The molecule has 20 heavy (non-hydrogen) atoms. The van der Waals surface area contributed by atoms with Crippen molar-refractivity contribution in [3.8, 4) is 0 Å². The van der Waals surface area contributed by atoms with Crippen LogP contribution in [-0.4, -0.2) is 12.2 Å². The fourth-order valence-corrected chi connectivity index (χ4v) is 2.80. The molecule has 0 aromatic heterocycles. The summed E-state index contributed by atoms with van der Waals surface area (Å²) < 4.78 is 5.75. The van der Waals surface area contributed by atoms with Crippen molar-refractivity contribution in [2.24, 2.45) is 5.92 Å². The lowest BCUT2D eigenvalue weighted by atomic mass is 10.0. The third-order valence-electron chi connectivity index (χ3n) is 4.17. The smallest absolute Gasteiger partial charge is 0.0844 e. The lowest BCUT2D eigenvalue weighted by Gasteiger charge is -2.00. The maximum absolute atomic E-state index is 5.75. The van der Waals surface area contributed by atoms with Gasteiger partial charge in [-0.2, -0.15) is 0 Å². The standard InChI is InChI=1S/C19H36O/c1-4-5-6-7-8-9-10-11-15-18-19(20-18)16-13-12-14-17(2)3/h12,14,17-19H,4-11,13,15-16H2,1-3H3/b14-12-. The summed E-state index contributed by atoms with van der Waals surface area (Å²) in [6, 6.07) is 0. The zero-order valence-corrected chi connectivity index (χ0v) is 14.1. The Labute approximate surface area is 127 Å². The third-order valence-corrected chi connectivity index (χ3v) is 4.17. The van der Waals surface area contributed by atoms with Crippen molar-refractivity contribution in [3.05, 3.63) is 12.2 Å². The fraction of sp³-hybridized carbons (Fsp3) is 0.895. The van der Waals surface area contributed by atoms with E-state index in [1.165, 1.54) is 70.6 Å². The van der Waals surface area contributed by atoms with Crippen molar-refractivity contribution in [2.75, 3.05) is 0 Å². The minimum atomic E-state index is 0.580. The summed E-state index contributed by atoms with van der Waals surface area (Å²) in [7, 11) is 0. The highest BCUT2D eigenvalue weighted by Gasteiger charge is 2.36. The summed E-state index contributed by atoms with van der Waals surface area (Å²) in [5.41, 5.74) is 0. The van der Waals surface area contributed by atoms with E-state index in [2.05, 4.69) is 32.9 Å². The summed E-state index contributed by atoms with van der Waals surface area (Å²) >= 11 is 0. The van der Waals surface area contributed by atoms with Crippen molar-refractivity contribution < 1.29 is 4.74 Å². The van der Waals surface area contributed by atoms with Crippen LogP contribution in [0.25, 0.3) is 0 Å². The molecule has 2 atom stereocenters. The Balaban J connectivity index is 1.81. The number of ether oxygens (including phenoxy) is 1. The molecule has 1 saturated heterocycles. The van der Waals surface area contributed by atoms with Crippen molar-refractivity contribution in [1.29, 1.82) is 0 Å². The van der Waals surface area contributed by atoms with Crippen LogP contribution in [0.3, 0.4) is 0 Å². The Morgan fingerprint density at radius 2 is 1.45 bits per heavy atom.